The molecule has 2 aliphatic rings. The SMILES string of the molecule is CNc1cc(N2C[C@@H](CN3CCN(C)CC3)[C@@H](CO)C2)nc(N)n1. The molecule has 0 bridgehead atoms. The van der Waals surface area contributed by atoms with Gasteiger partial charge in [0.1, 0.15) is 11.6 Å². The van der Waals surface area contributed by atoms with Gasteiger partial charge in [0.25, 0.3) is 0 Å². The molecule has 0 aromatic carbocycles. The standard InChI is InChI=1S/C16H29N7O/c1-18-14-7-15(20-16(17)19-14)23-9-12(13(10-23)11-24)8-22-5-3-21(2)4-6-22/h7,12-13,24H,3-6,8-11H2,1-2H3,(H3,17,18,19,20)/t12-,13-/m1/s1. The van der Waals surface area contributed by atoms with E-state index in [1.807, 2.05) is 13.1 Å². The number of hydrogen-bond acceptors (Lipinski definition) is 8. The fraction of sp³-hybridized carbons (Fsp3) is 0.750. The third-order valence-electron chi connectivity index (χ3n) is 5.21. The third-order valence-corrected chi connectivity index (χ3v) is 5.21. The number of piperazine rings is 1. The molecule has 8 nitrogen and oxygen atoms in total. The molecule has 0 radical (unpaired) electrons. The highest BCUT2D eigenvalue weighted by Gasteiger charge is 2.34. The van der Waals surface area contributed by atoms with E-state index in [0.717, 1.165) is 57.4 Å². The number of rotatable bonds is 5. The summed E-state index contributed by atoms with van der Waals surface area (Å²) in [7, 11) is 3.99. The van der Waals surface area contributed by atoms with Gasteiger partial charge in [-0.05, 0) is 13.0 Å². The summed E-state index contributed by atoms with van der Waals surface area (Å²) < 4.78 is 0. The summed E-state index contributed by atoms with van der Waals surface area (Å²) in [6.07, 6.45) is 0. The molecule has 4 N–H and O–H groups in total. The van der Waals surface area contributed by atoms with Gasteiger partial charge in [0, 0.05) is 71.5 Å². The minimum atomic E-state index is 0.217. The third kappa shape index (κ3) is 3.88. The van der Waals surface area contributed by atoms with Crippen molar-refractivity contribution < 1.29 is 5.11 Å². The number of likely N-dealkylation sites (N-methyl/N-ethyl adjacent to an activating group) is 1. The highest BCUT2D eigenvalue weighted by molar-refractivity contribution is 5.53. The van der Waals surface area contributed by atoms with E-state index in [1.165, 1.54) is 0 Å². The molecule has 1 aromatic rings. The van der Waals surface area contributed by atoms with Gasteiger partial charge in [-0.1, -0.05) is 0 Å². The number of nitrogens with one attached hydrogen (secondary N) is 1. The lowest BCUT2D eigenvalue weighted by atomic mass is 9.96. The molecule has 2 fully saturated rings. The molecule has 8 heteroatoms. The fourth-order valence-electron chi connectivity index (χ4n) is 3.64. The highest BCUT2D eigenvalue weighted by atomic mass is 16.3. The zero-order valence-corrected chi connectivity index (χ0v) is 14.6. The average molecular weight is 335 g/mol. The van der Waals surface area contributed by atoms with Crippen LogP contribution in [0.4, 0.5) is 17.6 Å². The second kappa shape index (κ2) is 7.50. The number of nitrogens with zero attached hydrogens (tertiary/aromatic N) is 5. The van der Waals surface area contributed by atoms with Crippen LogP contribution >= 0.6 is 0 Å². The molecule has 0 saturated carbocycles. The van der Waals surface area contributed by atoms with E-state index in [4.69, 9.17) is 5.73 Å². The Morgan fingerprint density at radius 3 is 2.58 bits per heavy atom. The molecular formula is C16H29N7O. The molecule has 0 aliphatic carbocycles. The maximum atomic E-state index is 9.80. The Bertz CT molecular complexity index is 547. The quantitative estimate of drug-likeness (QED) is 0.656. The Morgan fingerprint density at radius 1 is 1.21 bits per heavy atom. The predicted molar refractivity (Wildman–Crippen MR) is 96.2 cm³/mol. The first-order valence-corrected chi connectivity index (χ1v) is 8.68. The molecule has 3 rings (SSSR count). The van der Waals surface area contributed by atoms with Crippen molar-refractivity contribution in [2.45, 2.75) is 0 Å². The number of aliphatic hydroxyl groups excluding tert-OH is 1. The van der Waals surface area contributed by atoms with Gasteiger partial charge in [-0.3, -0.25) is 0 Å². The van der Waals surface area contributed by atoms with Crippen molar-refractivity contribution >= 4 is 17.6 Å². The summed E-state index contributed by atoms with van der Waals surface area (Å²) in [6.45, 7) is 7.42. The number of nitrogens with two attached hydrogens (primary N) is 1. The summed E-state index contributed by atoms with van der Waals surface area (Å²) in [5.74, 6) is 2.57. The molecule has 2 saturated heterocycles. The molecule has 0 amide bonds. The van der Waals surface area contributed by atoms with Crippen LogP contribution in [0.5, 0.6) is 0 Å². The van der Waals surface area contributed by atoms with E-state index in [-0.39, 0.29) is 18.5 Å². The van der Waals surface area contributed by atoms with Crippen molar-refractivity contribution in [1.29, 1.82) is 0 Å². The van der Waals surface area contributed by atoms with Crippen LogP contribution in [0, 0.1) is 11.8 Å². The second-order valence-electron chi connectivity index (χ2n) is 6.93. The fourth-order valence-corrected chi connectivity index (χ4v) is 3.64. The van der Waals surface area contributed by atoms with Gasteiger partial charge >= 0.3 is 0 Å². The summed E-state index contributed by atoms with van der Waals surface area (Å²) in [4.78, 5) is 15.6. The van der Waals surface area contributed by atoms with Crippen molar-refractivity contribution in [2.24, 2.45) is 11.8 Å². The second-order valence-corrected chi connectivity index (χ2v) is 6.93. The van der Waals surface area contributed by atoms with E-state index in [9.17, 15) is 5.11 Å². The van der Waals surface area contributed by atoms with Crippen LogP contribution in [0.1, 0.15) is 0 Å². The van der Waals surface area contributed by atoms with Gasteiger partial charge in [-0.15, -0.1) is 0 Å². The Balaban J connectivity index is 1.66. The molecule has 2 atom stereocenters. The molecular weight excluding hydrogens is 306 g/mol. The topological polar surface area (TPSA) is 93.8 Å². The predicted octanol–water partition coefficient (Wildman–Crippen LogP) is -0.607. The number of hydrogen-bond donors (Lipinski definition) is 3. The van der Waals surface area contributed by atoms with Crippen molar-refractivity contribution in [3.05, 3.63) is 6.07 Å². The monoisotopic (exact) mass is 335 g/mol. The van der Waals surface area contributed by atoms with Crippen molar-refractivity contribution in [3.8, 4) is 0 Å². The number of anilines is 3. The van der Waals surface area contributed by atoms with E-state index in [0.29, 0.717) is 5.92 Å². The zero-order valence-electron chi connectivity index (χ0n) is 14.6. The minimum Gasteiger partial charge on any atom is -0.396 e. The normalized spacial score (nSPS) is 26.0. The van der Waals surface area contributed by atoms with Crippen LogP contribution in [0.15, 0.2) is 6.07 Å². The summed E-state index contributed by atoms with van der Waals surface area (Å²) in [5.41, 5.74) is 5.82. The Hall–Kier alpha value is -1.64. The molecule has 3 heterocycles. The van der Waals surface area contributed by atoms with Crippen LogP contribution in [0.2, 0.25) is 0 Å². The first-order valence-electron chi connectivity index (χ1n) is 8.68. The van der Waals surface area contributed by atoms with Gasteiger partial charge in [0.2, 0.25) is 5.95 Å². The first-order chi connectivity index (χ1) is 11.6. The average Bonchev–Trinajstić information content (AvgIpc) is 2.99. The smallest absolute Gasteiger partial charge is 0.223 e. The Kier molecular flexibility index (Phi) is 5.37. The van der Waals surface area contributed by atoms with E-state index < -0.39 is 0 Å². The van der Waals surface area contributed by atoms with E-state index >= 15 is 0 Å². The highest BCUT2D eigenvalue weighted by Crippen LogP contribution is 2.29. The van der Waals surface area contributed by atoms with Gasteiger partial charge in [-0.2, -0.15) is 9.97 Å². The number of aliphatic hydroxyl groups is 1. The maximum Gasteiger partial charge on any atom is 0.223 e. The van der Waals surface area contributed by atoms with E-state index in [2.05, 4.69) is 37.0 Å². The lowest BCUT2D eigenvalue weighted by Crippen LogP contribution is -2.47. The lowest BCUT2D eigenvalue weighted by Gasteiger charge is -2.34. The molecule has 134 valence electrons. The van der Waals surface area contributed by atoms with Crippen LogP contribution < -0.4 is 16.0 Å². The number of nitrogen functional groups attached to an aromatic ring is 1. The van der Waals surface area contributed by atoms with Crippen molar-refractivity contribution in [3.63, 3.8) is 0 Å². The zero-order chi connectivity index (χ0) is 17.1. The van der Waals surface area contributed by atoms with Crippen LogP contribution in [0.25, 0.3) is 0 Å². The molecule has 1 aromatic heterocycles. The minimum absolute atomic E-state index is 0.217. The Labute approximate surface area is 143 Å². The molecule has 24 heavy (non-hydrogen) atoms. The van der Waals surface area contributed by atoms with Gasteiger partial charge < -0.3 is 30.9 Å². The summed E-state index contributed by atoms with van der Waals surface area (Å²) in [6, 6.07) is 1.92. The van der Waals surface area contributed by atoms with E-state index in [1.54, 1.807) is 0 Å². The first kappa shape index (κ1) is 17.2. The van der Waals surface area contributed by atoms with Crippen LogP contribution in [-0.4, -0.2) is 91.4 Å². The van der Waals surface area contributed by atoms with Crippen molar-refractivity contribution in [1.82, 2.24) is 19.8 Å². The lowest BCUT2D eigenvalue weighted by molar-refractivity contribution is 0.116. The maximum absolute atomic E-state index is 9.80. The summed E-state index contributed by atoms with van der Waals surface area (Å²) in [5, 5.41) is 12.8. The Morgan fingerprint density at radius 2 is 1.92 bits per heavy atom. The molecule has 2 aliphatic heterocycles. The van der Waals surface area contributed by atoms with Gasteiger partial charge in [0.15, 0.2) is 0 Å². The van der Waals surface area contributed by atoms with Crippen molar-refractivity contribution in [2.75, 3.05) is 82.5 Å². The summed E-state index contributed by atoms with van der Waals surface area (Å²) >= 11 is 0. The van der Waals surface area contributed by atoms with Gasteiger partial charge in [0.05, 0.1) is 0 Å². The van der Waals surface area contributed by atoms with Crippen LogP contribution in [-0.2, 0) is 0 Å². The molecule has 0 spiro atoms. The number of aromatic nitrogens is 2. The largest absolute Gasteiger partial charge is 0.396 e. The molecule has 0 unspecified atom stereocenters. The van der Waals surface area contributed by atoms with Gasteiger partial charge in [-0.25, -0.2) is 0 Å². The van der Waals surface area contributed by atoms with Crippen LogP contribution in [0.3, 0.4) is 0 Å².